The highest BCUT2D eigenvalue weighted by atomic mass is 16.3. The number of benzene rings is 1. The molecule has 2 aromatic rings. The molecule has 2 rings (SSSR count). The van der Waals surface area contributed by atoms with Crippen LogP contribution < -0.4 is 5.32 Å². The highest BCUT2D eigenvalue weighted by Gasteiger charge is 2.12. The molecule has 0 saturated heterocycles. The van der Waals surface area contributed by atoms with Gasteiger partial charge in [-0.1, -0.05) is 36.4 Å². The Morgan fingerprint density at radius 2 is 1.68 bits per heavy atom. The van der Waals surface area contributed by atoms with Crippen molar-refractivity contribution in [2.45, 2.75) is 32.4 Å². The average Bonchev–Trinajstić information content (AvgIpc) is 2.38. The normalized spacial score (nSPS) is 13.1. The fourth-order valence-electron chi connectivity index (χ4n) is 1.85. The Balaban J connectivity index is 2.15. The second kappa shape index (κ2) is 5.41. The van der Waals surface area contributed by atoms with Crippen LogP contribution in [-0.2, 0) is 0 Å². The lowest BCUT2D eigenvalue weighted by Gasteiger charge is -2.21. The van der Waals surface area contributed by atoms with Gasteiger partial charge in [0.15, 0.2) is 0 Å². The SMILES string of the molecule is CC(C)(C)Nc1ccc([C@@H](O)c2ccccc2)cn1. The first-order valence-electron chi connectivity index (χ1n) is 6.43. The van der Waals surface area contributed by atoms with Crippen LogP contribution in [0.25, 0.3) is 0 Å². The Morgan fingerprint density at radius 3 is 2.21 bits per heavy atom. The lowest BCUT2D eigenvalue weighted by molar-refractivity contribution is 0.220. The lowest BCUT2D eigenvalue weighted by atomic mass is 10.0. The summed E-state index contributed by atoms with van der Waals surface area (Å²) >= 11 is 0. The van der Waals surface area contributed by atoms with Crippen LogP contribution >= 0.6 is 0 Å². The third-order valence-electron chi connectivity index (χ3n) is 2.72. The summed E-state index contributed by atoms with van der Waals surface area (Å²) in [5, 5.41) is 13.5. The van der Waals surface area contributed by atoms with Crippen molar-refractivity contribution in [3.8, 4) is 0 Å². The average molecular weight is 256 g/mol. The molecule has 0 aliphatic rings. The van der Waals surface area contributed by atoms with Crippen LogP contribution in [0.1, 0.15) is 38.0 Å². The minimum Gasteiger partial charge on any atom is -0.384 e. The maximum atomic E-state index is 10.3. The van der Waals surface area contributed by atoms with Crippen molar-refractivity contribution in [1.82, 2.24) is 4.98 Å². The fraction of sp³-hybridized carbons (Fsp3) is 0.312. The summed E-state index contributed by atoms with van der Waals surface area (Å²) in [7, 11) is 0. The Labute approximate surface area is 114 Å². The van der Waals surface area contributed by atoms with E-state index in [1.165, 1.54) is 0 Å². The Kier molecular flexibility index (Phi) is 3.86. The number of aromatic nitrogens is 1. The minimum absolute atomic E-state index is 0.0213. The van der Waals surface area contributed by atoms with E-state index in [4.69, 9.17) is 0 Å². The molecule has 3 nitrogen and oxygen atoms in total. The highest BCUT2D eigenvalue weighted by molar-refractivity contribution is 5.39. The first-order valence-corrected chi connectivity index (χ1v) is 6.43. The molecule has 0 spiro atoms. The maximum absolute atomic E-state index is 10.3. The number of nitrogens with one attached hydrogen (secondary N) is 1. The van der Waals surface area contributed by atoms with Crippen LogP contribution in [0.4, 0.5) is 5.82 Å². The molecule has 0 amide bonds. The molecular weight excluding hydrogens is 236 g/mol. The van der Waals surface area contributed by atoms with Crippen molar-refractivity contribution < 1.29 is 5.11 Å². The zero-order valence-corrected chi connectivity index (χ0v) is 11.6. The minimum atomic E-state index is -0.627. The van der Waals surface area contributed by atoms with Gasteiger partial charge in [0.05, 0.1) is 0 Å². The van der Waals surface area contributed by atoms with Crippen LogP contribution in [0.2, 0.25) is 0 Å². The van der Waals surface area contributed by atoms with Gasteiger partial charge in [-0.25, -0.2) is 4.98 Å². The summed E-state index contributed by atoms with van der Waals surface area (Å²) in [6.45, 7) is 6.25. The largest absolute Gasteiger partial charge is 0.384 e. The summed E-state index contributed by atoms with van der Waals surface area (Å²) in [5.41, 5.74) is 1.65. The number of pyridine rings is 1. The fourth-order valence-corrected chi connectivity index (χ4v) is 1.85. The molecule has 0 saturated carbocycles. The number of anilines is 1. The van der Waals surface area contributed by atoms with Crippen LogP contribution in [-0.4, -0.2) is 15.6 Å². The van der Waals surface area contributed by atoms with Gasteiger partial charge in [-0.05, 0) is 32.4 Å². The predicted molar refractivity (Wildman–Crippen MR) is 78.1 cm³/mol. The van der Waals surface area contributed by atoms with E-state index in [-0.39, 0.29) is 5.54 Å². The van der Waals surface area contributed by atoms with E-state index in [0.717, 1.165) is 16.9 Å². The van der Waals surface area contributed by atoms with Crippen molar-refractivity contribution in [3.05, 3.63) is 59.8 Å². The molecule has 100 valence electrons. The van der Waals surface area contributed by atoms with E-state index in [2.05, 4.69) is 31.1 Å². The number of hydrogen-bond acceptors (Lipinski definition) is 3. The quantitative estimate of drug-likeness (QED) is 0.885. The van der Waals surface area contributed by atoms with Crippen LogP contribution in [0.3, 0.4) is 0 Å². The first-order chi connectivity index (χ1) is 8.96. The Hall–Kier alpha value is -1.87. The molecule has 0 unspecified atom stereocenters. The van der Waals surface area contributed by atoms with Gasteiger partial charge in [-0.2, -0.15) is 0 Å². The van der Waals surface area contributed by atoms with E-state index in [1.54, 1.807) is 6.20 Å². The van der Waals surface area contributed by atoms with E-state index in [9.17, 15) is 5.11 Å². The number of aliphatic hydroxyl groups is 1. The van der Waals surface area contributed by atoms with Crippen molar-refractivity contribution in [2.75, 3.05) is 5.32 Å². The van der Waals surface area contributed by atoms with E-state index < -0.39 is 6.10 Å². The van der Waals surface area contributed by atoms with Gasteiger partial charge in [-0.15, -0.1) is 0 Å². The molecule has 1 aromatic heterocycles. The molecule has 0 aliphatic heterocycles. The van der Waals surface area contributed by atoms with Gasteiger partial charge in [-0.3, -0.25) is 0 Å². The standard InChI is InChI=1S/C16H20N2O/c1-16(2,3)18-14-10-9-13(11-17-14)15(19)12-7-5-4-6-8-12/h4-11,15,19H,1-3H3,(H,17,18)/t15-/m0/s1. The number of nitrogens with zero attached hydrogens (tertiary/aromatic N) is 1. The molecule has 2 N–H and O–H groups in total. The van der Waals surface area contributed by atoms with E-state index in [0.29, 0.717) is 0 Å². The van der Waals surface area contributed by atoms with Crippen LogP contribution in [0, 0.1) is 0 Å². The lowest BCUT2D eigenvalue weighted by Crippen LogP contribution is -2.26. The van der Waals surface area contributed by atoms with Crippen molar-refractivity contribution in [2.24, 2.45) is 0 Å². The van der Waals surface area contributed by atoms with Gasteiger partial charge >= 0.3 is 0 Å². The Morgan fingerprint density at radius 1 is 1.00 bits per heavy atom. The Bertz CT molecular complexity index is 515. The second-order valence-corrected chi connectivity index (χ2v) is 5.66. The highest BCUT2D eigenvalue weighted by Crippen LogP contribution is 2.22. The summed E-state index contributed by atoms with van der Waals surface area (Å²) in [6.07, 6.45) is 1.09. The molecular formula is C16H20N2O. The second-order valence-electron chi connectivity index (χ2n) is 5.66. The number of hydrogen-bond donors (Lipinski definition) is 2. The molecule has 0 aliphatic carbocycles. The number of aliphatic hydroxyl groups excluding tert-OH is 1. The zero-order chi connectivity index (χ0) is 13.9. The van der Waals surface area contributed by atoms with Gasteiger partial charge in [0, 0.05) is 17.3 Å². The van der Waals surface area contributed by atoms with Gasteiger partial charge < -0.3 is 10.4 Å². The molecule has 1 aromatic carbocycles. The van der Waals surface area contributed by atoms with E-state index in [1.807, 2.05) is 42.5 Å². The third-order valence-corrected chi connectivity index (χ3v) is 2.72. The molecule has 1 heterocycles. The third kappa shape index (κ3) is 3.80. The molecule has 0 bridgehead atoms. The zero-order valence-electron chi connectivity index (χ0n) is 11.6. The number of rotatable bonds is 3. The molecule has 19 heavy (non-hydrogen) atoms. The molecule has 0 fully saturated rings. The summed E-state index contributed by atoms with van der Waals surface area (Å²) in [6, 6.07) is 13.4. The smallest absolute Gasteiger partial charge is 0.126 e. The predicted octanol–water partition coefficient (Wildman–Crippen LogP) is 3.37. The topological polar surface area (TPSA) is 45.1 Å². The summed E-state index contributed by atoms with van der Waals surface area (Å²) in [4.78, 5) is 4.34. The van der Waals surface area contributed by atoms with Gasteiger partial charge in [0.25, 0.3) is 0 Å². The van der Waals surface area contributed by atoms with Crippen molar-refractivity contribution in [1.29, 1.82) is 0 Å². The summed E-state index contributed by atoms with van der Waals surface area (Å²) in [5.74, 6) is 0.816. The molecule has 3 heteroatoms. The van der Waals surface area contributed by atoms with Crippen LogP contribution in [0.15, 0.2) is 48.7 Å². The van der Waals surface area contributed by atoms with Crippen molar-refractivity contribution >= 4 is 5.82 Å². The van der Waals surface area contributed by atoms with Gasteiger partial charge in [0.2, 0.25) is 0 Å². The molecule has 0 radical (unpaired) electrons. The molecule has 1 atom stereocenters. The van der Waals surface area contributed by atoms with Crippen molar-refractivity contribution in [3.63, 3.8) is 0 Å². The van der Waals surface area contributed by atoms with Gasteiger partial charge in [0.1, 0.15) is 11.9 Å². The maximum Gasteiger partial charge on any atom is 0.126 e. The van der Waals surface area contributed by atoms with E-state index >= 15 is 0 Å². The monoisotopic (exact) mass is 256 g/mol. The first kappa shape index (κ1) is 13.6. The summed E-state index contributed by atoms with van der Waals surface area (Å²) < 4.78 is 0. The van der Waals surface area contributed by atoms with Crippen LogP contribution in [0.5, 0.6) is 0 Å².